The molecule has 2 atom stereocenters. The SMILES string of the molecule is Cn1cc([C@@H]2CN(Cc3cccs3)C[C@H]2N)c2ccncc21. The number of hydrogen-bond acceptors (Lipinski definition) is 4. The number of aryl methyl sites for hydroxylation is 1. The van der Waals surface area contributed by atoms with Gasteiger partial charge >= 0.3 is 0 Å². The minimum absolute atomic E-state index is 0.193. The van der Waals surface area contributed by atoms with Gasteiger partial charge in [0.2, 0.25) is 0 Å². The maximum atomic E-state index is 6.47. The van der Waals surface area contributed by atoms with Crippen molar-refractivity contribution in [2.24, 2.45) is 12.8 Å². The number of nitrogens with zero attached hydrogens (tertiary/aromatic N) is 3. The quantitative estimate of drug-likeness (QED) is 0.808. The molecule has 0 amide bonds. The molecule has 1 aliphatic heterocycles. The van der Waals surface area contributed by atoms with E-state index in [1.807, 2.05) is 23.7 Å². The highest BCUT2D eigenvalue weighted by atomic mass is 32.1. The summed E-state index contributed by atoms with van der Waals surface area (Å²) >= 11 is 1.82. The van der Waals surface area contributed by atoms with Crippen LogP contribution in [0.15, 0.2) is 42.2 Å². The van der Waals surface area contributed by atoms with E-state index >= 15 is 0 Å². The molecule has 22 heavy (non-hydrogen) atoms. The summed E-state index contributed by atoms with van der Waals surface area (Å²) in [7, 11) is 2.08. The number of thiophene rings is 1. The fourth-order valence-electron chi connectivity index (χ4n) is 3.55. The number of nitrogens with two attached hydrogens (primary N) is 1. The first-order valence-corrected chi connectivity index (χ1v) is 8.49. The predicted octanol–water partition coefficient (Wildman–Crippen LogP) is 2.56. The zero-order chi connectivity index (χ0) is 15.1. The van der Waals surface area contributed by atoms with Gasteiger partial charge in [-0.05, 0) is 23.1 Å². The summed E-state index contributed by atoms with van der Waals surface area (Å²) in [5.74, 6) is 0.395. The minimum atomic E-state index is 0.193. The van der Waals surface area contributed by atoms with Crippen LogP contribution in [0.5, 0.6) is 0 Å². The van der Waals surface area contributed by atoms with Crippen LogP contribution in [-0.2, 0) is 13.6 Å². The maximum Gasteiger partial charge on any atom is 0.0667 e. The molecule has 0 bridgehead atoms. The molecule has 0 aliphatic carbocycles. The average molecular weight is 312 g/mol. The predicted molar refractivity (Wildman–Crippen MR) is 91.0 cm³/mol. The molecule has 1 fully saturated rings. The third kappa shape index (κ3) is 2.35. The van der Waals surface area contributed by atoms with Crippen molar-refractivity contribution >= 4 is 22.2 Å². The second kappa shape index (κ2) is 5.50. The van der Waals surface area contributed by atoms with E-state index in [9.17, 15) is 0 Å². The van der Waals surface area contributed by atoms with Gasteiger partial charge in [0.25, 0.3) is 0 Å². The van der Waals surface area contributed by atoms with Gasteiger partial charge in [-0.3, -0.25) is 9.88 Å². The molecule has 0 radical (unpaired) electrons. The molecule has 0 aromatic carbocycles. The van der Waals surface area contributed by atoms with Gasteiger partial charge in [-0.1, -0.05) is 6.07 Å². The van der Waals surface area contributed by atoms with Crippen molar-refractivity contribution in [3.05, 3.63) is 52.6 Å². The van der Waals surface area contributed by atoms with Crippen LogP contribution in [0.2, 0.25) is 0 Å². The largest absolute Gasteiger partial charge is 0.349 e. The van der Waals surface area contributed by atoms with Crippen LogP contribution in [-0.4, -0.2) is 33.6 Å². The highest BCUT2D eigenvalue weighted by Crippen LogP contribution is 2.33. The van der Waals surface area contributed by atoms with Crippen LogP contribution in [0, 0.1) is 0 Å². The fourth-order valence-corrected chi connectivity index (χ4v) is 4.30. The van der Waals surface area contributed by atoms with Crippen molar-refractivity contribution in [1.82, 2.24) is 14.5 Å². The lowest BCUT2D eigenvalue weighted by Gasteiger charge is -2.14. The van der Waals surface area contributed by atoms with Gasteiger partial charge in [-0.2, -0.15) is 0 Å². The Kier molecular flexibility index (Phi) is 3.48. The minimum Gasteiger partial charge on any atom is -0.349 e. The van der Waals surface area contributed by atoms with Crippen molar-refractivity contribution in [3.8, 4) is 0 Å². The lowest BCUT2D eigenvalue weighted by Crippen LogP contribution is -2.28. The van der Waals surface area contributed by atoms with Crippen molar-refractivity contribution in [1.29, 1.82) is 0 Å². The first-order valence-electron chi connectivity index (χ1n) is 7.61. The molecule has 114 valence electrons. The molecule has 2 N–H and O–H groups in total. The van der Waals surface area contributed by atoms with Crippen LogP contribution < -0.4 is 5.73 Å². The standard InChI is InChI=1S/C17H20N4S/c1-20-9-14(13-4-5-19-7-17(13)20)15-10-21(11-16(15)18)8-12-3-2-6-22-12/h2-7,9,15-16H,8,10-11,18H2,1H3/t15-,16+/m0/s1. The molecular formula is C17H20N4S. The number of aromatic nitrogens is 2. The van der Waals surface area contributed by atoms with Crippen LogP contribution in [0.1, 0.15) is 16.4 Å². The molecule has 4 rings (SSSR count). The Morgan fingerprint density at radius 2 is 2.27 bits per heavy atom. The third-order valence-electron chi connectivity index (χ3n) is 4.62. The number of pyridine rings is 1. The smallest absolute Gasteiger partial charge is 0.0667 e. The first-order chi connectivity index (χ1) is 10.7. The van der Waals surface area contributed by atoms with E-state index in [2.05, 4.69) is 51.3 Å². The van der Waals surface area contributed by atoms with Gasteiger partial charge in [0.05, 0.1) is 11.7 Å². The Bertz CT molecular complexity index is 777. The van der Waals surface area contributed by atoms with Gasteiger partial charge < -0.3 is 10.3 Å². The molecule has 1 aliphatic rings. The van der Waals surface area contributed by atoms with E-state index in [1.54, 1.807) is 0 Å². The fraction of sp³-hybridized carbons (Fsp3) is 0.353. The van der Waals surface area contributed by atoms with Gasteiger partial charge in [0, 0.05) is 61.3 Å². The van der Waals surface area contributed by atoms with Crippen LogP contribution in [0.4, 0.5) is 0 Å². The maximum absolute atomic E-state index is 6.47. The second-order valence-electron chi connectivity index (χ2n) is 6.13. The number of hydrogen-bond donors (Lipinski definition) is 1. The zero-order valence-corrected chi connectivity index (χ0v) is 13.5. The van der Waals surface area contributed by atoms with Crippen molar-refractivity contribution < 1.29 is 0 Å². The average Bonchev–Trinajstić information content (AvgIpc) is 3.21. The van der Waals surface area contributed by atoms with E-state index < -0.39 is 0 Å². The number of fused-ring (bicyclic) bond motifs is 1. The highest BCUT2D eigenvalue weighted by Gasteiger charge is 2.33. The van der Waals surface area contributed by atoms with Crippen LogP contribution in [0.3, 0.4) is 0 Å². The molecule has 3 aromatic heterocycles. The third-order valence-corrected chi connectivity index (χ3v) is 5.48. The molecule has 0 saturated carbocycles. The first kappa shape index (κ1) is 13.9. The van der Waals surface area contributed by atoms with Crippen LogP contribution >= 0.6 is 11.3 Å². The summed E-state index contributed by atoms with van der Waals surface area (Å²) in [6.45, 7) is 3.00. The summed E-state index contributed by atoms with van der Waals surface area (Å²) in [5, 5.41) is 3.43. The molecule has 3 aromatic rings. The lowest BCUT2D eigenvalue weighted by molar-refractivity contribution is 0.327. The van der Waals surface area contributed by atoms with Crippen molar-refractivity contribution in [3.63, 3.8) is 0 Å². The van der Waals surface area contributed by atoms with Gasteiger partial charge in [0.15, 0.2) is 0 Å². The van der Waals surface area contributed by atoms with Crippen molar-refractivity contribution in [2.75, 3.05) is 13.1 Å². The highest BCUT2D eigenvalue weighted by molar-refractivity contribution is 7.09. The van der Waals surface area contributed by atoms with E-state index in [4.69, 9.17) is 5.73 Å². The Labute approximate surface area is 134 Å². The molecule has 4 nitrogen and oxygen atoms in total. The Morgan fingerprint density at radius 3 is 3.09 bits per heavy atom. The van der Waals surface area contributed by atoms with Crippen molar-refractivity contribution in [2.45, 2.75) is 18.5 Å². The zero-order valence-electron chi connectivity index (χ0n) is 12.6. The summed E-state index contributed by atoms with van der Waals surface area (Å²) < 4.78 is 2.16. The van der Waals surface area contributed by atoms with E-state index in [1.165, 1.54) is 21.3 Å². The molecule has 1 saturated heterocycles. The van der Waals surface area contributed by atoms with Gasteiger partial charge in [0.1, 0.15) is 0 Å². The Hall–Kier alpha value is -1.69. The van der Waals surface area contributed by atoms with E-state index in [-0.39, 0.29) is 6.04 Å². The molecule has 4 heterocycles. The molecule has 0 spiro atoms. The summed E-state index contributed by atoms with van der Waals surface area (Å²) in [6, 6.07) is 6.62. The summed E-state index contributed by atoms with van der Waals surface area (Å²) in [6.07, 6.45) is 6.03. The number of likely N-dealkylation sites (tertiary alicyclic amines) is 1. The molecule has 5 heteroatoms. The van der Waals surface area contributed by atoms with E-state index in [0.29, 0.717) is 5.92 Å². The normalized spacial score (nSPS) is 22.6. The summed E-state index contributed by atoms with van der Waals surface area (Å²) in [5.41, 5.74) is 9.01. The number of rotatable bonds is 3. The Balaban J connectivity index is 1.62. The molecular weight excluding hydrogens is 292 g/mol. The lowest BCUT2D eigenvalue weighted by atomic mass is 9.95. The molecule has 0 unspecified atom stereocenters. The topological polar surface area (TPSA) is 47.1 Å². The van der Waals surface area contributed by atoms with Crippen LogP contribution in [0.25, 0.3) is 10.9 Å². The van der Waals surface area contributed by atoms with Gasteiger partial charge in [-0.15, -0.1) is 11.3 Å². The monoisotopic (exact) mass is 312 g/mol. The van der Waals surface area contributed by atoms with E-state index in [0.717, 1.165) is 19.6 Å². The Morgan fingerprint density at radius 1 is 1.36 bits per heavy atom. The summed E-state index contributed by atoms with van der Waals surface area (Å²) in [4.78, 5) is 8.12. The second-order valence-corrected chi connectivity index (χ2v) is 7.16. The van der Waals surface area contributed by atoms with Gasteiger partial charge in [-0.25, -0.2) is 0 Å².